The lowest BCUT2D eigenvalue weighted by Gasteiger charge is -2.10. The number of halogens is 1. The fraction of sp³-hybridized carbons (Fsp3) is 0.385. The fourth-order valence-corrected chi connectivity index (χ4v) is 2.75. The number of anilines is 1. The molecule has 6 heteroatoms. The van der Waals surface area contributed by atoms with Crippen molar-refractivity contribution in [3.8, 4) is 5.75 Å². The number of hydrogen-bond donors (Lipinski definition) is 1. The molecule has 19 heavy (non-hydrogen) atoms. The monoisotopic (exact) mass is 295 g/mol. The number of hydrogen-bond acceptors (Lipinski definition) is 5. The maximum absolute atomic E-state index is 6.19. The van der Waals surface area contributed by atoms with E-state index in [0.717, 1.165) is 22.3 Å². The zero-order chi connectivity index (χ0) is 13.2. The van der Waals surface area contributed by atoms with Crippen LogP contribution >= 0.6 is 23.1 Å². The minimum Gasteiger partial charge on any atom is -0.496 e. The van der Waals surface area contributed by atoms with Gasteiger partial charge in [-0.25, -0.2) is 4.98 Å². The summed E-state index contributed by atoms with van der Waals surface area (Å²) in [6, 6.07) is 5.64. The van der Waals surface area contributed by atoms with E-state index < -0.39 is 0 Å². The number of ether oxygens (including phenoxy) is 1. The van der Waals surface area contributed by atoms with E-state index in [9.17, 15) is 0 Å². The van der Waals surface area contributed by atoms with Gasteiger partial charge in [0.1, 0.15) is 11.6 Å². The van der Waals surface area contributed by atoms with Crippen molar-refractivity contribution in [3.05, 3.63) is 34.6 Å². The maximum atomic E-state index is 6.19. The molecular weight excluding hydrogens is 282 g/mol. The molecular formula is C13H14ClN3OS. The molecule has 1 N–H and O–H groups in total. The van der Waals surface area contributed by atoms with Crippen LogP contribution in [0.25, 0.3) is 0 Å². The quantitative estimate of drug-likeness (QED) is 0.914. The van der Waals surface area contributed by atoms with Gasteiger partial charge in [0.15, 0.2) is 0 Å². The van der Waals surface area contributed by atoms with Crippen molar-refractivity contribution >= 4 is 28.3 Å². The molecule has 0 aliphatic heterocycles. The van der Waals surface area contributed by atoms with Gasteiger partial charge in [-0.1, -0.05) is 17.7 Å². The predicted octanol–water partition coefficient (Wildman–Crippen LogP) is 3.69. The van der Waals surface area contributed by atoms with Crippen LogP contribution < -0.4 is 10.1 Å². The van der Waals surface area contributed by atoms with Gasteiger partial charge in [0.05, 0.1) is 7.11 Å². The minimum absolute atomic E-state index is 0.585. The van der Waals surface area contributed by atoms with E-state index in [-0.39, 0.29) is 0 Å². The molecule has 0 spiro atoms. The first-order chi connectivity index (χ1) is 9.28. The molecule has 0 bridgehead atoms. The number of nitrogens with zero attached hydrogens (tertiary/aromatic N) is 2. The smallest absolute Gasteiger partial charge is 0.202 e. The summed E-state index contributed by atoms with van der Waals surface area (Å²) in [5, 5.41) is 4.79. The van der Waals surface area contributed by atoms with Gasteiger partial charge in [0.2, 0.25) is 5.13 Å². The molecule has 0 amide bonds. The molecule has 1 aliphatic carbocycles. The van der Waals surface area contributed by atoms with Crippen molar-refractivity contribution in [1.82, 2.24) is 9.36 Å². The average Bonchev–Trinajstić information content (AvgIpc) is 3.17. The molecule has 2 aromatic rings. The molecule has 1 aromatic heterocycles. The lowest BCUT2D eigenvalue weighted by atomic mass is 10.2. The van der Waals surface area contributed by atoms with Crippen molar-refractivity contribution in [2.75, 3.05) is 12.4 Å². The number of rotatable bonds is 5. The van der Waals surface area contributed by atoms with Crippen molar-refractivity contribution in [2.45, 2.75) is 25.3 Å². The molecule has 0 atom stereocenters. The van der Waals surface area contributed by atoms with Gasteiger partial charge in [-0.05, 0) is 25.0 Å². The van der Waals surface area contributed by atoms with E-state index in [2.05, 4.69) is 14.7 Å². The molecule has 3 rings (SSSR count). The van der Waals surface area contributed by atoms with Crippen LogP contribution in [0.1, 0.15) is 30.1 Å². The molecule has 0 unspecified atom stereocenters. The van der Waals surface area contributed by atoms with E-state index >= 15 is 0 Å². The van der Waals surface area contributed by atoms with Crippen molar-refractivity contribution in [2.24, 2.45) is 0 Å². The Hall–Kier alpha value is -1.33. The number of aromatic nitrogens is 2. The SMILES string of the molecule is COc1cccc(Cl)c1CNc1nc(C2CC2)ns1. The van der Waals surface area contributed by atoms with Gasteiger partial charge in [0.25, 0.3) is 0 Å². The van der Waals surface area contributed by atoms with Crippen LogP contribution in [0.5, 0.6) is 5.75 Å². The molecule has 100 valence electrons. The highest BCUT2D eigenvalue weighted by Gasteiger charge is 2.27. The molecule has 1 aromatic carbocycles. The summed E-state index contributed by atoms with van der Waals surface area (Å²) in [4.78, 5) is 4.48. The minimum atomic E-state index is 0.585. The molecule has 0 saturated heterocycles. The Labute approximate surface area is 120 Å². The number of benzene rings is 1. The van der Waals surface area contributed by atoms with Crippen LogP contribution in [0, 0.1) is 0 Å². The van der Waals surface area contributed by atoms with Gasteiger partial charge in [-0.15, -0.1) is 0 Å². The summed E-state index contributed by atoms with van der Waals surface area (Å²) >= 11 is 7.59. The highest BCUT2D eigenvalue weighted by Crippen LogP contribution is 2.39. The lowest BCUT2D eigenvalue weighted by Crippen LogP contribution is -2.02. The van der Waals surface area contributed by atoms with Gasteiger partial charge < -0.3 is 10.1 Å². The van der Waals surface area contributed by atoms with Crippen LogP contribution in [0.4, 0.5) is 5.13 Å². The average molecular weight is 296 g/mol. The maximum Gasteiger partial charge on any atom is 0.202 e. The Kier molecular flexibility index (Phi) is 3.57. The lowest BCUT2D eigenvalue weighted by molar-refractivity contribution is 0.410. The van der Waals surface area contributed by atoms with Gasteiger partial charge in [-0.3, -0.25) is 0 Å². The molecule has 0 radical (unpaired) electrons. The van der Waals surface area contributed by atoms with Crippen LogP contribution in [-0.2, 0) is 6.54 Å². The van der Waals surface area contributed by atoms with Crippen molar-refractivity contribution in [3.63, 3.8) is 0 Å². The third-order valence-corrected chi connectivity index (χ3v) is 4.14. The van der Waals surface area contributed by atoms with Crippen LogP contribution in [0.3, 0.4) is 0 Å². The van der Waals surface area contributed by atoms with E-state index in [0.29, 0.717) is 17.5 Å². The second-order valence-electron chi connectivity index (χ2n) is 4.51. The van der Waals surface area contributed by atoms with Gasteiger partial charge in [-0.2, -0.15) is 4.37 Å². The van der Waals surface area contributed by atoms with Crippen LogP contribution in [0.15, 0.2) is 18.2 Å². The molecule has 1 aliphatic rings. The van der Waals surface area contributed by atoms with E-state index in [4.69, 9.17) is 16.3 Å². The summed E-state index contributed by atoms with van der Waals surface area (Å²) in [5.74, 6) is 2.34. The molecule has 1 fully saturated rings. The van der Waals surface area contributed by atoms with Crippen LogP contribution in [-0.4, -0.2) is 16.5 Å². The summed E-state index contributed by atoms with van der Waals surface area (Å²) in [7, 11) is 1.64. The van der Waals surface area contributed by atoms with Crippen LogP contribution in [0.2, 0.25) is 5.02 Å². The topological polar surface area (TPSA) is 47.0 Å². The standard InChI is InChI=1S/C13H14ClN3OS/c1-18-11-4-2-3-10(14)9(11)7-15-13-16-12(17-19-13)8-5-6-8/h2-4,8H,5-7H2,1H3,(H,15,16,17). The Morgan fingerprint density at radius 3 is 3.05 bits per heavy atom. The first-order valence-corrected chi connectivity index (χ1v) is 7.32. The van der Waals surface area contributed by atoms with E-state index in [1.807, 2.05) is 18.2 Å². The normalized spacial score (nSPS) is 14.4. The third kappa shape index (κ3) is 2.82. The zero-order valence-corrected chi connectivity index (χ0v) is 12.1. The summed E-state index contributed by atoms with van der Waals surface area (Å²) in [6.07, 6.45) is 2.43. The first-order valence-electron chi connectivity index (χ1n) is 6.17. The van der Waals surface area contributed by atoms with E-state index in [1.54, 1.807) is 7.11 Å². The highest BCUT2D eigenvalue weighted by molar-refractivity contribution is 7.09. The molecule has 1 saturated carbocycles. The third-order valence-electron chi connectivity index (χ3n) is 3.10. The second kappa shape index (κ2) is 5.35. The predicted molar refractivity (Wildman–Crippen MR) is 77.2 cm³/mol. The Morgan fingerprint density at radius 2 is 2.32 bits per heavy atom. The van der Waals surface area contributed by atoms with Gasteiger partial charge in [0, 0.05) is 34.6 Å². The number of nitrogens with one attached hydrogen (secondary N) is 1. The summed E-state index contributed by atoms with van der Waals surface area (Å²) in [6.45, 7) is 0.585. The molecule has 4 nitrogen and oxygen atoms in total. The van der Waals surface area contributed by atoms with Gasteiger partial charge >= 0.3 is 0 Å². The number of methoxy groups -OCH3 is 1. The van der Waals surface area contributed by atoms with E-state index in [1.165, 1.54) is 24.4 Å². The zero-order valence-electron chi connectivity index (χ0n) is 10.5. The fourth-order valence-electron chi connectivity index (χ4n) is 1.88. The Balaban J connectivity index is 1.71. The van der Waals surface area contributed by atoms with Crippen molar-refractivity contribution < 1.29 is 4.74 Å². The second-order valence-corrected chi connectivity index (χ2v) is 5.67. The first kappa shape index (κ1) is 12.7. The summed E-state index contributed by atoms with van der Waals surface area (Å²) in [5.41, 5.74) is 0.940. The Bertz CT molecular complexity index is 583. The molecule has 1 heterocycles. The van der Waals surface area contributed by atoms with Crippen molar-refractivity contribution in [1.29, 1.82) is 0 Å². The summed E-state index contributed by atoms with van der Waals surface area (Å²) < 4.78 is 9.67. The Morgan fingerprint density at radius 1 is 1.47 bits per heavy atom. The highest BCUT2D eigenvalue weighted by atomic mass is 35.5. The largest absolute Gasteiger partial charge is 0.496 e.